The summed E-state index contributed by atoms with van der Waals surface area (Å²) in [5.74, 6) is 2.75. The lowest BCUT2D eigenvalue weighted by Crippen LogP contribution is -2.31. The van der Waals surface area contributed by atoms with Crippen molar-refractivity contribution in [2.75, 3.05) is 11.9 Å². The topological polar surface area (TPSA) is 29.0 Å². The Kier molecular flexibility index (Phi) is 3.42. The minimum atomic E-state index is 0.585. The first kappa shape index (κ1) is 11.4. The van der Waals surface area contributed by atoms with Gasteiger partial charge in [-0.15, -0.1) is 0 Å². The average molecular weight is 219 g/mol. The van der Waals surface area contributed by atoms with E-state index in [0.717, 1.165) is 24.5 Å². The van der Waals surface area contributed by atoms with Crippen molar-refractivity contribution in [3.05, 3.63) is 18.1 Å². The van der Waals surface area contributed by atoms with Gasteiger partial charge >= 0.3 is 0 Å². The van der Waals surface area contributed by atoms with Crippen molar-refractivity contribution in [3.63, 3.8) is 0 Å². The molecule has 1 heterocycles. The van der Waals surface area contributed by atoms with E-state index in [-0.39, 0.29) is 0 Å². The van der Waals surface area contributed by atoms with Crippen molar-refractivity contribution in [1.29, 1.82) is 0 Å². The Morgan fingerprint density at radius 3 is 2.62 bits per heavy atom. The van der Waals surface area contributed by atoms with Crippen molar-refractivity contribution in [1.82, 2.24) is 9.97 Å². The molecule has 0 spiro atoms. The third-order valence-electron chi connectivity index (χ3n) is 3.45. The SMILES string of the molecule is CCC(CC)N(C)c1ccnc(C2CC2)n1. The molecular weight excluding hydrogens is 198 g/mol. The second-order valence-electron chi connectivity index (χ2n) is 4.63. The molecule has 1 aliphatic rings. The van der Waals surface area contributed by atoms with Crippen molar-refractivity contribution in [2.45, 2.75) is 51.5 Å². The number of aromatic nitrogens is 2. The van der Waals surface area contributed by atoms with Gasteiger partial charge in [0, 0.05) is 25.2 Å². The van der Waals surface area contributed by atoms with E-state index in [1.165, 1.54) is 12.8 Å². The summed E-state index contributed by atoms with van der Waals surface area (Å²) in [5.41, 5.74) is 0. The Hall–Kier alpha value is -1.12. The molecule has 0 aromatic carbocycles. The quantitative estimate of drug-likeness (QED) is 0.762. The van der Waals surface area contributed by atoms with Crippen LogP contribution in [0.2, 0.25) is 0 Å². The van der Waals surface area contributed by atoms with Gasteiger partial charge in [-0.3, -0.25) is 0 Å². The molecule has 16 heavy (non-hydrogen) atoms. The predicted octanol–water partition coefficient (Wildman–Crippen LogP) is 2.98. The molecule has 0 radical (unpaired) electrons. The number of rotatable bonds is 5. The van der Waals surface area contributed by atoms with Crippen LogP contribution in [0.25, 0.3) is 0 Å². The number of hydrogen-bond donors (Lipinski definition) is 0. The van der Waals surface area contributed by atoms with Crippen LogP contribution in [0.3, 0.4) is 0 Å². The van der Waals surface area contributed by atoms with Crippen LogP contribution >= 0.6 is 0 Å². The van der Waals surface area contributed by atoms with E-state index in [4.69, 9.17) is 0 Å². The fourth-order valence-corrected chi connectivity index (χ4v) is 2.12. The molecule has 0 aliphatic heterocycles. The number of anilines is 1. The highest BCUT2D eigenvalue weighted by Crippen LogP contribution is 2.38. The molecule has 1 fully saturated rings. The Labute approximate surface area is 97.9 Å². The summed E-state index contributed by atoms with van der Waals surface area (Å²) >= 11 is 0. The summed E-state index contributed by atoms with van der Waals surface area (Å²) in [5, 5.41) is 0. The molecule has 1 saturated carbocycles. The maximum atomic E-state index is 4.67. The van der Waals surface area contributed by atoms with Crippen molar-refractivity contribution in [2.24, 2.45) is 0 Å². The van der Waals surface area contributed by atoms with E-state index in [0.29, 0.717) is 12.0 Å². The number of hydrogen-bond acceptors (Lipinski definition) is 3. The molecule has 0 atom stereocenters. The fraction of sp³-hybridized carbons (Fsp3) is 0.692. The first-order valence-corrected chi connectivity index (χ1v) is 6.32. The third-order valence-corrected chi connectivity index (χ3v) is 3.45. The molecule has 0 saturated heterocycles. The van der Waals surface area contributed by atoms with Crippen LogP contribution in [-0.4, -0.2) is 23.1 Å². The van der Waals surface area contributed by atoms with E-state index in [1.54, 1.807) is 0 Å². The highest BCUT2D eigenvalue weighted by Gasteiger charge is 2.27. The predicted molar refractivity (Wildman–Crippen MR) is 66.8 cm³/mol. The molecule has 1 aromatic heterocycles. The van der Waals surface area contributed by atoms with E-state index in [2.05, 4.69) is 35.8 Å². The molecular formula is C13H21N3. The Morgan fingerprint density at radius 1 is 1.38 bits per heavy atom. The number of nitrogens with zero attached hydrogens (tertiary/aromatic N) is 3. The van der Waals surface area contributed by atoms with Gasteiger partial charge in [-0.05, 0) is 31.7 Å². The minimum Gasteiger partial charge on any atom is -0.357 e. The van der Waals surface area contributed by atoms with Crippen LogP contribution in [0.15, 0.2) is 12.3 Å². The van der Waals surface area contributed by atoms with Crippen LogP contribution in [0.4, 0.5) is 5.82 Å². The van der Waals surface area contributed by atoms with Gasteiger partial charge in [-0.1, -0.05) is 13.8 Å². The Balaban J connectivity index is 2.15. The summed E-state index contributed by atoms with van der Waals surface area (Å²) in [6.45, 7) is 4.46. The molecule has 1 aliphatic carbocycles. The standard InChI is InChI=1S/C13H21N3/c1-4-11(5-2)16(3)12-8-9-14-13(15-12)10-6-7-10/h8-11H,4-7H2,1-3H3. The highest BCUT2D eigenvalue weighted by atomic mass is 15.2. The lowest BCUT2D eigenvalue weighted by Gasteiger charge is -2.27. The van der Waals surface area contributed by atoms with Crippen molar-refractivity contribution < 1.29 is 0 Å². The van der Waals surface area contributed by atoms with Gasteiger partial charge in [0.25, 0.3) is 0 Å². The Bertz CT molecular complexity index is 343. The van der Waals surface area contributed by atoms with Gasteiger partial charge in [-0.25, -0.2) is 9.97 Å². The lowest BCUT2D eigenvalue weighted by molar-refractivity contribution is 0.585. The monoisotopic (exact) mass is 219 g/mol. The molecule has 0 amide bonds. The normalized spacial score (nSPS) is 15.5. The molecule has 3 nitrogen and oxygen atoms in total. The van der Waals surface area contributed by atoms with Gasteiger partial charge in [0.15, 0.2) is 0 Å². The van der Waals surface area contributed by atoms with E-state index in [9.17, 15) is 0 Å². The third kappa shape index (κ3) is 2.34. The molecule has 0 unspecified atom stereocenters. The lowest BCUT2D eigenvalue weighted by atomic mass is 10.1. The van der Waals surface area contributed by atoms with E-state index < -0.39 is 0 Å². The fourth-order valence-electron chi connectivity index (χ4n) is 2.12. The summed E-state index contributed by atoms with van der Waals surface area (Å²) in [6, 6.07) is 2.60. The first-order valence-electron chi connectivity index (χ1n) is 6.32. The summed E-state index contributed by atoms with van der Waals surface area (Å²) < 4.78 is 0. The summed E-state index contributed by atoms with van der Waals surface area (Å²) in [4.78, 5) is 11.3. The summed E-state index contributed by atoms with van der Waals surface area (Å²) in [6.07, 6.45) is 6.75. The second kappa shape index (κ2) is 4.81. The minimum absolute atomic E-state index is 0.585. The molecule has 3 heteroatoms. The van der Waals surface area contributed by atoms with Crippen molar-refractivity contribution >= 4 is 5.82 Å². The van der Waals surface area contributed by atoms with Crippen LogP contribution < -0.4 is 4.90 Å². The zero-order chi connectivity index (χ0) is 11.5. The maximum Gasteiger partial charge on any atom is 0.133 e. The molecule has 0 N–H and O–H groups in total. The second-order valence-corrected chi connectivity index (χ2v) is 4.63. The molecule has 88 valence electrons. The average Bonchev–Trinajstić information content (AvgIpc) is 3.14. The van der Waals surface area contributed by atoms with Gasteiger partial charge < -0.3 is 4.90 Å². The maximum absolute atomic E-state index is 4.67. The molecule has 2 rings (SSSR count). The van der Waals surface area contributed by atoms with E-state index in [1.807, 2.05) is 12.3 Å². The van der Waals surface area contributed by atoms with Crippen LogP contribution in [0, 0.1) is 0 Å². The van der Waals surface area contributed by atoms with Gasteiger partial charge in [-0.2, -0.15) is 0 Å². The zero-order valence-electron chi connectivity index (χ0n) is 10.5. The summed E-state index contributed by atoms with van der Waals surface area (Å²) in [7, 11) is 2.14. The van der Waals surface area contributed by atoms with Crippen LogP contribution in [0.5, 0.6) is 0 Å². The molecule has 0 bridgehead atoms. The van der Waals surface area contributed by atoms with Crippen LogP contribution in [-0.2, 0) is 0 Å². The zero-order valence-corrected chi connectivity index (χ0v) is 10.5. The molecule has 1 aromatic rings. The van der Waals surface area contributed by atoms with E-state index >= 15 is 0 Å². The van der Waals surface area contributed by atoms with Gasteiger partial charge in [0.2, 0.25) is 0 Å². The Morgan fingerprint density at radius 2 is 2.06 bits per heavy atom. The highest BCUT2D eigenvalue weighted by molar-refractivity contribution is 5.38. The smallest absolute Gasteiger partial charge is 0.133 e. The van der Waals surface area contributed by atoms with Gasteiger partial charge in [0.05, 0.1) is 0 Å². The first-order chi connectivity index (χ1) is 7.76. The largest absolute Gasteiger partial charge is 0.357 e. The van der Waals surface area contributed by atoms with Crippen molar-refractivity contribution in [3.8, 4) is 0 Å². The van der Waals surface area contributed by atoms with Gasteiger partial charge in [0.1, 0.15) is 11.6 Å². The van der Waals surface area contributed by atoms with Crippen LogP contribution in [0.1, 0.15) is 51.3 Å².